The van der Waals surface area contributed by atoms with Crippen molar-refractivity contribution in [3.8, 4) is 0 Å². The molecule has 6 aliphatic rings. The fourth-order valence-corrected chi connectivity index (χ4v) is 11.6. The van der Waals surface area contributed by atoms with Crippen LogP contribution in [0, 0.1) is 0 Å². The molecule has 4 aromatic heterocycles. The molecule has 0 amide bonds. The van der Waals surface area contributed by atoms with Gasteiger partial charge in [0, 0.05) is 109 Å². The summed E-state index contributed by atoms with van der Waals surface area (Å²) in [6.07, 6.45) is 28.7. The lowest BCUT2D eigenvalue weighted by molar-refractivity contribution is -0.149. The quantitative estimate of drug-likeness (QED) is 0.0628. The zero-order valence-electron chi connectivity index (χ0n) is 41.9. The molecule has 70 heavy (non-hydrogen) atoms. The molecule has 2 saturated heterocycles. The Bertz CT molecular complexity index is 2330. The summed E-state index contributed by atoms with van der Waals surface area (Å²) >= 11 is 0. The zero-order chi connectivity index (χ0) is 48.1. The largest absolute Gasteiger partial charge is 0.480 e. The van der Waals surface area contributed by atoms with E-state index in [1.807, 2.05) is 31.3 Å². The van der Waals surface area contributed by atoms with Crippen molar-refractivity contribution < 1.29 is 28.9 Å². The van der Waals surface area contributed by atoms with Crippen molar-refractivity contribution >= 4 is 11.9 Å². The number of carbonyl (C=O) groups excluding carboxylic acids is 1. The number of carboxylic acid groups (broad SMARTS) is 1. The van der Waals surface area contributed by atoms with Gasteiger partial charge in [-0.3, -0.25) is 34.5 Å². The van der Waals surface area contributed by atoms with Crippen LogP contribution in [0.15, 0.2) is 60.9 Å². The number of hydrogen-bond donors (Lipinski definition) is 1. The molecule has 0 bridgehead atoms. The highest BCUT2D eigenvalue weighted by Crippen LogP contribution is 2.42. The molecule has 4 fully saturated rings. The third kappa shape index (κ3) is 12.9. The summed E-state index contributed by atoms with van der Waals surface area (Å²) in [6.45, 7) is 6.76. The molecule has 0 radical (unpaired) electrons. The molecule has 6 heterocycles. The minimum Gasteiger partial charge on any atom is -0.480 e. The maximum atomic E-state index is 13.1. The topological polar surface area (TPSA) is 140 Å². The Labute approximate surface area is 416 Å². The van der Waals surface area contributed by atoms with Crippen LogP contribution in [0.5, 0.6) is 0 Å². The van der Waals surface area contributed by atoms with Crippen molar-refractivity contribution in [3.63, 3.8) is 0 Å². The van der Waals surface area contributed by atoms with E-state index in [4.69, 9.17) is 29.2 Å². The van der Waals surface area contributed by atoms with Gasteiger partial charge < -0.3 is 19.3 Å². The number of fused-ring (bicyclic) bond motifs is 2. The second kappa shape index (κ2) is 25.2. The summed E-state index contributed by atoms with van der Waals surface area (Å²) in [5.74, 6) is -0.0641. The molecular formula is C58H78N6O6. The predicted molar refractivity (Wildman–Crippen MR) is 271 cm³/mol. The maximum Gasteiger partial charge on any atom is 0.328 e. The van der Waals surface area contributed by atoms with Gasteiger partial charge in [0.15, 0.2) is 0 Å². The number of rotatable bonds is 21. The molecule has 2 saturated carbocycles. The summed E-state index contributed by atoms with van der Waals surface area (Å²) in [5.41, 5.74) is 11.9. The van der Waals surface area contributed by atoms with E-state index < -0.39 is 18.1 Å². The monoisotopic (exact) mass is 955 g/mol. The first kappa shape index (κ1) is 50.3. The average Bonchev–Trinajstić information content (AvgIpc) is 4.01. The van der Waals surface area contributed by atoms with E-state index in [1.165, 1.54) is 85.3 Å². The van der Waals surface area contributed by atoms with Gasteiger partial charge in [-0.25, -0.2) is 4.79 Å². The number of hydrogen-bond acceptors (Lipinski definition) is 11. The number of aryl methyl sites for hydroxylation is 6. The minimum absolute atomic E-state index is 0.104. The number of aromatic nitrogens is 4. The van der Waals surface area contributed by atoms with Crippen molar-refractivity contribution in [1.29, 1.82) is 0 Å². The number of pyridine rings is 4. The summed E-state index contributed by atoms with van der Waals surface area (Å²) in [6, 6.07) is 15.8. The van der Waals surface area contributed by atoms with Gasteiger partial charge >= 0.3 is 11.9 Å². The molecule has 12 heteroatoms. The van der Waals surface area contributed by atoms with Gasteiger partial charge in [-0.05, 0) is 171 Å². The average molecular weight is 955 g/mol. The number of nitrogens with zero attached hydrogens (tertiary/aromatic N) is 6. The molecule has 12 nitrogen and oxygen atoms in total. The Morgan fingerprint density at radius 1 is 0.614 bits per heavy atom. The van der Waals surface area contributed by atoms with E-state index in [2.05, 4.69) is 45.1 Å². The maximum absolute atomic E-state index is 13.1. The molecule has 4 aromatic rings. The minimum atomic E-state index is -0.785. The number of aliphatic carboxylic acids is 1. The van der Waals surface area contributed by atoms with E-state index in [0.29, 0.717) is 25.0 Å². The van der Waals surface area contributed by atoms with E-state index in [9.17, 15) is 14.7 Å². The molecule has 376 valence electrons. The number of carbonyl (C=O) groups is 2. The SMILES string of the molecule is CCOC(=O)C(c1cccnc1C1CCC1)N1CC[C@@H](OCCCCc2ccc3c(n2)CCCC3)C1.O=C(O)C(c1cccnc1C1CCC1)N1CC[C@@H](OCCCCc2ccc3c(n2)CCCC3)C1. The standard InChI is InChI=1S/C30H41N3O3.C28H37N3O3/c1-2-35-30(34)29(26-13-8-18-31-28(26)23-10-7-11-23)33-19-17-25(21-33)36-20-6-5-12-24-16-15-22-9-3-4-14-27(22)32-24;32-28(33)27(24-11-6-16-29-26(24)21-8-5-9-21)31-17-15-23(19-31)34-18-4-3-10-22-14-13-20-7-1-2-12-25(20)30-22/h8,13,15-16,18,23,25,29H,2-7,9-12,14,17,19-21H2,1H3;6,11,13-14,16,21,23,27H,1-5,7-10,12,15,17-19H2,(H,32,33)/t25-,29?;23-,27?/m11/s1. The summed E-state index contributed by atoms with van der Waals surface area (Å²) in [7, 11) is 0. The van der Waals surface area contributed by atoms with Crippen molar-refractivity contribution in [2.75, 3.05) is 46.0 Å². The number of likely N-dealkylation sites (tertiary alicyclic amines) is 2. The van der Waals surface area contributed by atoms with E-state index in [1.54, 1.807) is 6.20 Å². The lowest BCUT2D eigenvalue weighted by Gasteiger charge is -2.32. The Morgan fingerprint density at radius 3 is 1.57 bits per heavy atom. The third-order valence-corrected chi connectivity index (χ3v) is 16.0. The highest BCUT2D eigenvalue weighted by atomic mass is 16.5. The van der Waals surface area contributed by atoms with Gasteiger partial charge in [0.05, 0.1) is 18.8 Å². The molecule has 2 aliphatic heterocycles. The van der Waals surface area contributed by atoms with Gasteiger partial charge in [0.1, 0.15) is 12.1 Å². The van der Waals surface area contributed by atoms with Crippen LogP contribution < -0.4 is 0 Å². The van der Waals surface area contributed by atoms with Crippen molar-refractivity contribution in [3.05, 3.63) is 117 Å². The van der Waals surface area contributed by atoms with Crippen molar-refractivity contribution in [2.45, 2.75) is 184 Å². The number of unbranched alkanes of at least 4 members (excludes halogenated alkanes) is 2. The lowest BCUT2D eigenvalue weighted by Crippen LogP contribution is -2.36. The van der Waals surface area contributed by atoms with E-state index in [-0.39, 0.29) is 18.2 Å². The van der Waals surface area contributed by atoms with Crippen LogP contribution in [0.3, 0.4) is 0 Å². The molecule has 0 spiro atoms. The van der Waals surface area contributed by atoms with Crippen molar-refractivity contribution in [2.24, 2.45) is 0 Å². The Kier molecular flexibility index (Phi) is 18.1. The van der Waals surface area contributed by atoms with Gasteiger partial charge in [0.2, 0.25) is 0 Å². The number of esters is 1. The van der Waals surface area contributed by atoms with Crippen LogP contribution >= 0.6 is 0 Å². The first-order chi connectivity index (χ1) is 34.4. The third-order valence-electron chi connectivity index (χ3n) is 16.0. The van der Waals surface area contributed by atoms with Gasteiger partial charge in [0.25, 0.3) is 0 Å². The first-order valence-electron chi connectivity index (χ1n) is 27.4. The predicted octanol–water partition coefficient (Wildman–Crippen LogP) is 10.2. The Balaban J connectivity index is 0.000000174. The summed E-state index contributed by atoms with van der Waals surface area (Å²) < 4.78 is 18.0. The van der Waals surface area contributed by atoms with Crippen LogP contribution in [0.25, 0.3) is 0 Å². The van der Waals surface area contributed by atoms with Crippen LogP contribution in [-0.2, 0) is 62.3 Å². The molecule has 0 aromatic carbocycles. The second-order valence-corrected chi connectivity index (χ2v) is 20.8. The Hall–Kier alpha value is -4.62. The van der Waals surface area contributed by atoms with Gasteiger partial charge in [-0.1, -0.05) is 37.1 Å². The number of carboxylic acids is 1. The van der Waals surface area contributed by atoms with Crippen LogP contribution in [-0.4, -0.2) is 105 Å². The molecule has 1 N–H and O–H groups in total. The highest BCUT2D eigenvalue weighted by Gasteiger charge is 2.39. The van der Waals surface area contributed by atoms with Gasteiger partial charge in [-0.2, -0.15) is 0 Å². The van der Waals surface area contributed by atoms with Crippen LogP contribution in [0.2, 0.25) is 0 Å². The molecule has 10 rings (SSSR count). The van der Waals surface area contributed by atoms with Crippen LogP contribution in [0.1, 0.15) is 190 Å². The fourth-order valence-electron chi connectivity index (χ4n) is 11.6. The molecular weight excluding hydrogens is 877 g/mol. The summed E-state index contributed by atoms with van der Waals surface area (Å²) in [5, 5.41) is 10.1. The van der Waals surface area contributed by atoms with Crippen molar-refractivity contribution in [1.82, 2.24) is 29.7 Å². The zero-order valence-corrected chi connectivity index (χ0v) is 41.9. The molecule has 4 aliphatic carbocycles. The van der Waals surface area contributed by atoms with E-state index >= 15 is 0 Å². The fraction of sp³-hybridized carbons (Fsp3) is 0.621. The van der Waals surface area contributed by atoms with Crippen LogP contribution in [0.4, 0.5) is 0 Å². The first-order valence-corrected chi connectivity index (χ1v) is 27.4. The van der Waals surface area contributed by atoms with E-state index in [0.717, 1.165) is 145 Å². The second-order valence-electron chi connectivity index (χ2n) is 20.8. The number of ether oxygens (including phenoxy) is 3. The highest BCUT2D eigenvalue weighted by molar-refractivity contribution is 5.78. The smallest absolute Gasteiger partial charge is 0.328 e. The summed E-state index contributed by atoms with van der Waals surface area (Å²) in [4.78, 5) is 48.8. The molecule has 2 unspecified atom stereocenters. The Morgan fingerprint density at radius 2 is 1.10 bits per heavy atom. The molecule has 4 atom stereocenters. The lowest BCUT2D eigenvalue weighted by atomic mass is 9.80. The normalized spacial score (nSPS) is 21.4. The van der Waals surface area contributed by atoms with Gasteiger partial charge in [-0.15, -0.1) is 0 Å².